The van der Waals surface area contributed by atoms with Gasteiger partial charge in [-0.3, -0.25) is 4.98 Å². The molecule has 2 rings (SSSR count). The maximum atomic E-state index is 12.3. The van der Waals surface area contributed by atoms with Crippen LogP contribution in [0.3, 0.4) is 0 Å². The Morgan fingerprint density at radius 2 is 1.84 bits per heavy atom. The van der Waals surface area contributed by atoms with Crippen LogP contribution in [0.2, 0.25) is 0 Å². The van der Waals surface area contributed by atoms with E-state index in [9.17, 15) is 13.2 Å². The molecule has 0 unspecified atom stereocenters. The Balaban J connectivity index is 1.98. The molecule has 0 amide bonds. The molecule has 0 fully saturated rings. The normalized spacial score (nSPS) is 11.4. The van der Waals surface area contributed by atoms with Crippen molar-refractivity contribution in [3.05, 3.63) is 53.6 Å². The van der Waals surface area contributed by atoms with Crippen LogP contribution in [0.5, 0.6) is 0 Å². The minimum atomic E-state index is -4.41. The van der Waals surface area contributed by atoms with E-state index in [0.717, 1.165) is 23.5 Å². The van der Waals surface area contributed by atoms with Crippen LogP contribution in [-0.4, -0.2) is 9.97 Å². The largest absolute Gasteiger partial charge is 0.433 e. The van der Waals surface area contributed by atoms with Crippen LogP contribution in [0.15, 0.2) is 36.7 Å². The highest BCUT2D eigenvalue weighted by Gasteiger charge is 2.31. The molecule has 0 aliphatic rings. The zero-order chi connectivity index (χ0) is 13.9. The van der Waals surface area contributed by atoms with Crippen LogP contribution in [0, 0.1) is 6.92 Å². The van der Waals surface area contributed by atoms with Gasteiger partial charge >= 0.3 is 6.18 Å². The smallest absolute Gasteiger partial charge is 0.378 e. The van der Waals surface area contributed by atoms with Crippen molar-refractivity contribution in [2.75, 3.05) is 5.32 Å². The van der Waals surface area contributed by atoms with Crippen LogP contribution >= 0.6 is 0 Å². The number of rotatable bonds is 3. The van der Waals surface area contributed by atoms with Crippen molar-refractivity contribution < 1.29 is 13.2 Å². The maximum Gasteiger partial charge on any atom is 0.433 e. The lowest BCUT2D eigenvalue weighted by molar-refractivity contribution is -0.141. The number of nitrogens with zero attached hydrogens (tertiary/aromatic N) is 2. The summed E-state index contributed by atoms with van der Waals surface area (Å²) in [6, 6.07) is 6.09. The lowest BCUT2D eigenvalue weighted by Crippen LogP contribution is -2.08. The fourth-order valence-corrected chi connectivity index (χ4v) is 1.46. The lowest BCUT2D eigenvalue weighted by atomic mass is 10.2. The summed E-state index contributed by atoms with van der Waals surface area (Å²) in [5.41, 5.74) is 1.49. The molecule has 3 nitrogen and oxygen atoms in total. The number of alkyl halides is 3. The first kappa shape index (κ1) is 13.3. The molecule has 0 bridgehead atoms. The average Bonchev–Trinajstić information content (AvgIpc) is 2.37. The summed E-state index contributed by atoms with van der Waals surface area (Å²) in [6.45, 7) is 2.37. The average molecular weight is 267 g/mol. The zero-order valence-corrected chi connectivity index (χ0v) is 10.2. The molecule has 1 N–H and O–H groups in total. The Morgan fingerprint density at radius 1 is 1.05 bits per heavy atom. The van der Waals surface area contributed by atoms with E-state index >= 15 is 0 Å². The predicted molar refractivity (Wildman–Crippen MR) is 65.5 cm³/mol. The Bertz CT molecular complexity index is 533. The van der Waals surface area contributed by atoms with E-state index in [1.165, 1.54) is 6.07 Å². The molecular weight excluding hydrogens is 255 g/mol. The third kappa shape index (κ3) is 3.67. The fraction of sp³-hybridized carbons (Fsp3) is 0.231. The number of anilines is 1. The lowest BCUT2D eigenvalue weighted by Gasteiger charge is -2.08. The van der Waals surface area contributed by atoms with Gasteiger partial charge < -0.3 is 5.32 Å². The molecule has 0 aromatic carbocycles. The van der Waals surface area contributed by atoms with Crippen molar-refractivity contribution >= 4 is 5.69 Å². The van der Waals surface area contributed by atoms with Gasteiger partial charge in [0, 0.05) is 6.20 Å². The summed E-state index contributed by atoms with van der Waals surface area (Å²) in [6.07, 6.45) is -1.50. The molecule has 6 heteroatoms. The predicted octanol–water partition coefficient (Wildman–Crippen LogP) is 3.42. The van der Waals surface area contributed by atoms with Gasteiger partial charge in [0.25, 0.3) is 0 Å². The van der Waals surface area contributed by atoms with E-state index in [-0.39, 0.29) is 0 Å². The summed E-state index contributed by atoms with van der Waals surface area (Å²) in [5, 5.41) is 2.97. The van der Waals surface area contributed by atoms with Gasteiger partial charge in [0.05, 0.1) is 24.1 Å². The van der Waals surface area contributed by atoms with Crippen molar-refractivity contribution in [2.24, 2.45) is 0 Å². The van der Waals surface area contributed by atoms with Gasteiger partial charge in [-0.15, -0.1) is 0 Å². The number of nitrogens with one attached hydrogen (secondary N) is 1. The molecule has 0 aliphatic heterocycles. The summed E-state index contributed by atoms with van der Waals surface area (Å²) >= 11 is 0. The SMILES string of the molecule is Cc1ccc(CNc2ccc(C(F)(F)F)nc2)nc1. The number of aryl methyl sites for hydroxylation is 1. The van der Waals surface area contributed by atoms with Gasteiger partial charge in [0.2, 0.25) is 0 Å². The molecule has 0 aliphatic carbocycles. The second-order valence-electron chi connectivity index (χ2n) is 4.11. The minimum Gasteiger partial charge on any atom is -0.378 e. The van der Waals surface area contributed by atoms with Gasteiger partial charge in [0.15, 0.2) is 0 Å². The second-order valence-corrected chi connectivity index (χ2v) is 4.11. The second kappa shape index (κ2) is 5.26. The van der Waals surface area contributed by atoms with E-state index in [4.69, 9.17) is 0 Å². The molecule has 2 aromatic heterocycles. The van der Waals surface area contributed by atoms with Gasteiger partial charge in [-0.25, -0.2) is 4.98 Å². The summed E-state index contributed by atoms with van der Waals surface area (Å²) in [7, 11) is 0. The third-order valence-electron chi connectivity index (χ3n) is 2.50. The van der Waals surface area contributed by atoms with Gasteiger partial charge in [-0.1, -0.05) is 6.07 Å². The molecule has 2 aromatic rings. The summed E-state index contributed by atoms with van der Waals surface area (Å²) in [5.74, 6) is 0. The highest BCUT2D eigenvalue weighted by Crippen LogP contribution is 2.27. The first-order valence-corrected chi connectivity index (χ1v) is 5.64. The summed E-state index contributed by atoms with van der Waals surface area (Å²) < 4.78 is 36.9. The van der Waals surface area contributed by atoms with Gasteiger partial charge in [-0.2, -0.15) is 13.2 Å². The Labute approximate surface area is 108 Å². The minimum absolute atomic E-state index is 0.438. The first-order chi connectivity index (χ1) is 8.95. The van der Waals surface area contributed by atoms with Crippen LogP contribution in [0.25, 0.3) is 0 Å². The van der Waals surface area contributed by atoms with Gasteiger partial charge in [-0.05, 0) is 30.7 Å². The van der Waals surface area contributed by atoms with E-state index in [0.29, 0.717) is 12.2 Å². The quantitative estimate of drug-likeness (QED) is 0.926. The topological polar surface area (TPSA) is 37.8 Å². The zero-order valence-electron chi connectivity index (χ0n) is 10.2. The summed E-state index contributed by atoms with van der Waals surface area (Å²) in [4.78, 5) is 7.56. The number of pyridine rings is 2. The molecule has 0 atom stereocenters. The molecule has 0 radical (unpaired) electrons. The van der Waals surface area contributed by atoms with Crippen molar-refractivity contribution in [3.63, 3.8) is 0 Å². The van der Waals surface area contributed by atoms with Crippen LogP contribution in [-0.2, 0) is 12.7 Å². The number of hydrogen-bond donors (Lipinski definition) is 1. The highest BCUT2D eigenvalue weighted by atomic mass is 19.4. The Hall–Kier alpha value is -2.11. The highest BCUT2D eigenvalue weighted by molar-refractivity contribution is 5.41. The van der Waals surface area contributed by atoms with Crippen LogP contribution in [0.1, 0.15) is 17.0 Å². The van der Waals surface area contributed by atoms with Crippen LogP contribution in [0.4, 0.5) is 18.9 Å². The van der Waals surface area contributed by atoms with E-state index in [1.807, 2.05) is 19.1 Å². The first-order valence-electron chi connectivity index (χ1n) is 5.64. The van der Waals surface area contributed by atoms with Crippen molar-refractivity contribution in [1.82, 2.24) is 9.97 Å². The van der Waals surface area contributed by atoms with Gasteiger partial charge in [0.1, 0.15) is 5.69 Å². The molecule has 0 spiro atoms. The number of hydrogen-bond acceptors (Lipinski definition) is 3. The molecule has 2 heterocycles. The van der Waals surface area contributed by atoms with Crippen LogP contribution < -0.4 is 5.32 Å². The van der Waals surface area contributed by atoms with E-state index < -0.39 is 11.9 Å². The molecule has 0 saturated heterocycles. The Morgan fingerprint density at radius 3 is 2.37 bits per heavy atom. The standard InChI is InChI=1S/C13H12F3N3/c1-9-2-3-10(17-6-9)7-18-11-4-5-12(19-8-11)13(14,15)16/h2-6,8,18H,7H2,1H3. The fourth-order valence-electron chi connectivity index (χ4n) is 1.46. The number of aromatic nitrogens is 2. The van der Waals surface area contributed by atoms with Crippen molar-refractivity contribution in [3.8, 4) is 0 Å². The van der Waals surface area contributed by atoms with E-state index in [1.54, 1.807) is 6.20 Å². The molecule has 19 heavy (non-hydrogen) atoms. The van der Waals surface area contributed by atoms with E-state index in [2.05, 4.69) is 15.3 Å². The van der Waals surface area contributed by atoms with Crippen molar-refractivity contribution in [2.45, 2.75) is 19.6 Å². The molecular formula is C13H12F3N3. The Kier molecular flexibility index (Phi) is 3.69. The van der Waals surface area contributed by atoms with Crippen molar-refractivity contribution in [1.29, 1.82) is 0 Å². The number of halogens is 3. The maximum absolute atomic E-state index is 12.3. The molecule has 100 valence electrons. The third-order valence-corrected chi connectivity index (χ3v) is 2.50. The monoisotopic (exact) mass is 267 g/mol. The molecule has 0 saturated carbocycles.